The topological polar surface area (TPSA) is 70.2 Å². The fraction of sp³-hybridized carbons (Fsp3) is 0.429. The van der Waals surface area contributed by atoms with E-state index in [0.717, 1.165) is 5.56 Å². The van der Waals surface area contributed by atoms with Crippen LogP contribution in [-0.2, 0) is 4.79 Å². The Kier molecular flexibility index (Phi) is 7.21. The molecule has 0 aliphatic rings. The van der Waals surface area contributed by atoms with Crippen molar-refractivity contribution >= 4 is 29.4 Å². The van der Waals surface area contributed by atoms with Gasteiger partial charge in [0.2, 0.25) is 5.91 Å². The van der Waals surface area contributed by atoms with Gasteiger partial charge in [0.05, 0.1) is 6.04 Å². The lowest BCUT2D eigenvalue weighted by Gasteiger charge is -2.16. The Morgan fingerprint density at radius 1 is 1.30 bits per heavy atom. The van der Waals surface area contributed by atoms with Crippen molar-refractivity contribution in [2.45, 2.75) is 25.4 Å². The molecule has 0 fully saturated rings. The summed E-state index contributed by atoms with van der Waals surface area (Å²) in [5.74, 6) is -0.453. The first-order chi connectivity index (χ1) is 10.7. The van der Waals surface area contributed by atoms with E-state index in [2.05, 4.69) is 16.0 Å². The molecule has 1 aromatic carbocycles. The number of carbonyl (C=O) groups excluding carboxylic acids is 2. The molecule has 5 nitrogen and oxygen atoms in total. The molecule has 0 bridgehead atoms. The number of nitrogens with one attached hydrogen (secondary N) is 3. The van der Waals surface area contributed by atoms with E-state index in [-0.39, 0.29) is 36.0 Å². The lowest BCUT2D eigenvalue weighted by molar-refractivity contribution is -0.114. The second-order valence-electron chi connectivity index (χ2n) is 4.72. The fourth-order valence-electron chi connectivity index (χ4n) is 1.75. The number of amides is 3. The third-order valence-corrected chi connectivity index (χ3v) is 3.44. The highest BCUT2D eigenvalue weighted by atomic mass is 32.2. The number of halogens is 3. The number of carbonyl (C=O) groups is 2. The van der Waals surface area contributed by atoms with E-state index in [0.29, 0.717) is 5.69 Å². The van der Waals surface area contributed by atoms with E-state index < -0.39 is 11.5 Å². The number of alkyl halides is 3. The summed E-state index contributed by atoms with van der Waals surface area (Å²) in [6.45, 7) is 3.03. The number of thioether (sulfide) groups is 1. The van der Waals surface area contributed by atoms with Crippen LogP contribution in [-0.4, -0.2) is 29.7 Å². The first kappa shape index (κ1) is 19.1. The largest absolute Gasteiger partial charge is 0.441 e. The van der Waals surface area contributed by atoms with Crippen LogP contribution in [0.1, 0.15) is 25.5 Å². The van der Waals surface area contributed by atoms with E-state index in [1.165, 1.54) is 6.92 Å². The summed E-state index contributed by atoms with van der Waals surface area (Å²) in [7, 11) is 0. The molecule has 0 aliphatic heterocycles. The second-order valence-corrected chi connectivity index (χ2v) is 5.88. The van der Waals surface area contributed by atoms with Crippen LogP contribution in [0.4, 0.5) is 23.7 Å². The number of urea groups is 1. The summed E-state index contributed by atoms with van der Waals surface area (Å²) in [5, 5.41) is 7.62. The quantitative estimate of drug-likeness (QED) is 0.691. The zero-order valence-electron chi connectivity index (χ0n) is 12.7. The molecule has 1 aromatic rings. The number of anilines is 1. The van der Waals surface area contributed by atoms with Crippen LogP contribution in [0, 0.1) is 0 Å². The summed E-state index contributed by atoms with van der Waals surface area (Å²) in [6, 6.07) is 6.02. The van der Waals surface area contributed by atoms with Gasteiger partial charge in [0.25, 0.3) is 0 Å². The lowest BCUT2D eigenvalue weighted by Crippen LogP contribution is -2.38. The molecule has 3 N–H and O–H groups in total. The molecule has 128 valence electrons. The van der Waals surface area contributed by atoms with Crippen LogP contribution in [0.2, 0.25) is 0 Å². The maximum atomic E-state index is 11.9. The van der Waals surface area contributed by atoms with Gasteiger partial charge in [-0.15, -0.1) is 0 Å². The van der Waals surface area contributed by atoms with Gasteiger partial charge in [0, 0.05) is 24.9 Å². The van der Waals surface area contributed by atoms with Crippen molar-refractivity contribution in [3.05, 3.63) is 29.8 Å². The molecule has 0 saturated heterocycles. The van der Waals surface area contributed by atoms with Gasteiger partial charge < -0.3 is 16.0 Å². The van der Waals surface area contributed by atoms with Crippen molar-refractivity contribution in [2.75, 3.05) is 17.6 Å². The monoisotopic (exact) mass is 349 g/mol. The Bertz CT molecular complexity index is 552. The summed E-state index contributed by atoms with van der Waals surface area (Å²) < 4.78 is 35.8. The molecule has 0 unspecified atom stereocenters. The second kappa shape index (κ2) is 8.66. The normalized spacial score (nSPS) is 12.4. The van der Waals surface area contributed by atoms with Gasteiger partial charge in [-0.05, 0) is 36.4 Å². The van der Waals surface area contributed by atoms with Crippen LogP contribution in [0.15, 0.2) is 24.3 Å². The van der Waals surface area contributed by atoms with E-state index in [9.17, 15) is 22.8 Å². The highest BCUT2D eigenvalue weighted by Crippen LogP contribution is 2.29. The van der Waals surface area contributed by atoms with Gasteiger partial charge in [-0.25, -0.2) is 4.79 Å². The van der Waals surface area contributed by atoms with E-state index >= 15 is 0 Å². The zero-order valence-corrected chi connectivity index (χ0v) is 13.5. The van der Waals surface area contributed by atoms with E-state index in [1.54, 1.807) is 31.2 Å². The van der Waals surface area contributed by atoms with Crippen molar-refractivity contribution in [1.29, 1.82) is 0 Å². The predicted octanol–water partition coefficient (Wildman–Crippen LogP) is 3.26. The first-order valence-electron chi connectivity index (χ1n) is 6.80. The molecule has 0 radical (unpaired) electrons. The molecule has 9 heteroatoms. The molecular formula is C14H18F3N3O2S. The molecule has 0 saturated carbocycles. The molecule has 3 amide bonds. The molecule has 0 heterocycles. The Balaban J connectivity index is 2.44. The maximum absolute atomic E-state index is 11.9. The van der Waals surface area contributed by atoms with Crippen molar-refractivity contribution in [1.82, 2.24) is 10.6 Å². The Morgan fingerprint density at radius 3 is 2.61 bits per heavy atom. The van der Waals surface area contributed by atoms with Crippen LogP contribution in [0.25, 0.3) is 0 Å². The SMILES string of the molecule is CC(=O)Nc1cccc([C@@H](C)NC(=O)NCCSC(F)(F)F)c1. The third kappa shape index (κ3) is 8.34. The lowest BCUT2D eigenvalue weighted by atomic mass is 10.1. The van der Waals surface area contributed by atoms with Crippen molar-refractivity contribution in [2.24, 2.45) is 0 Å². The van der Waals surface area contributed by atoms with Crippen LogP contribution in [0.3, 0.4) is 0 Å². The fourth-order valence-corrected chi connectivity index (χ4v) is 2.19. The summed E-state index contributed by atoms with van der Waals surface area (Å²) >= 11 is -0.184. The van der Waals surface area contributed by atoms with Crippen LogP contribution < -0.4 is 16.0 Å². The Labute approximate surface area is 136 Å². The minimum atomic E-state index is -4.30. The summed E-state index contributed by atoms with van der Waals surface area (Å²) in [6.07, 6.45) is 0. The zero-order chi connectivity index (χ0) is 17.5. The molecule has 23 heavy (non-hydrogen) atoms. The summed E-state index contributed by atoms with van der Waals surface area (Å²) in [4.78, 5) is 22.6. The van der Waals surface area contributed by atoms with E-state index in [1.807, 2.05) is 0 Å². The molecule has 0 aliphatic carbocycles. The van der Waals surface area contributed by atoms with E-state index in [4.69, 9.17) is 0 Å². The molecular weight excluding hydrogens is 331 g/mol. The molecule has 0 aromatic heterocycles. The molecule has 1 rings (SSSR count). The number of benzene rings is 1. The van der Waals surface area contributed by atoms with Gasteiger partial charge in [0.15, 0.2) is 0 Å². The number of hydrogen-bond acceptors (Lipinski definition) is 3. The first-order valence-corrected chi connectivity index (χ1v) is 7.78. The number of rotatable bonds is 6. The van der Waals surface area contributed by atoms with Gasteiger partial charge in [-0.3, -0.25) is 4.79 Å². The minimum Gasteiger partial charge on any atom is -0.337 e. The third-order valence-electron chi connectivity index (χ3n) is 2.71. The van der Waals surface area contributed by atoms with Gasteiger partial charge in [-0.1, -0.05) is 12.1 Å². The highest BCUT2D eigenvalue weighted by molar-refractivity contribution is 8.00. The molecule has 0 spiro atoms. The summed E-state index contributed by atoms with van der Waals surface area (Å²) in [5.41, 5.74) is -2.93. The standard InChI is InChI=1S/C14H18F3N3O2S/c1-9(11-4-3-5-12(8-11)20-10(2)21)19-13(22)18-6-7-23-14(15,16)17/h3-5,8-9H,6-7H2,1-2H3,(H,20,21)(H2,18,19,22)/t9-/m1/s1. The predicted molar refractivity (Wildman–Crippen MR) is 84.2 cm³/mol. The van der Waals surface area contributed by atoms with Crippen LogP contribution in [0.5, 0.6) is 0 Å². The molecule has 1 atom stereocenters. The maximum Gasteiger partial charge on any atom is 0.441 e. The van der Waals surface area contributed by atoms with Gasteiger partial charge >= 0.3 is 11.5 Å². The average molecular weight is 349 g/mol. The highest BCUT2D eigenvalue weighted by Gasteiger charge is 2.27. The van der Waals surface area contributed by atoms with Crippen molar-refractivity contribution < 1.29 is 22.8 Å². The van der Waals surface area contributed by atoms with Crippen LogP contribution >= 0.6 is 11.8 Å². The van der Waals surface area contributed by atoms with Gasteiger partial charge in [0.1, 0.15) is 0 Å². The Hall–Kier alpha value is -1.90. The van der Waals surface area contributed by atoms with Crippen molar-refractivity contribution in [3.8, 4) is 0 Å². The van der Waals surface area contributed by atoms with Crippen molar-refractivity contribution in [3.63, 3.8) is 0 Å². The Morgan fingerprint density at radius 2 is 2.00 bits per heavy atom. The smallest absolute Gasteiger partial charge is 0.337 e. The number of hydrogen-bond donors (Lipinski definition) is 3. The van der Waals surface area contributed by atoms with Gasteiger partial charge in [-0.2, -0.15) is 13.2 Å². The minimum absolute atomic E-state index is 0.0886. The average Bonchev–Trinajstić information content (AvgIpc) is 2.42.